The molecule has 0 aliphatic carbocycles. The van der Waals surface area contributed by atoms with Gasteiger partial charge in [-0.15, -0.1) is 12.4 Å². The lowest BCUT2D eigenvalue weighted by Gasteiger charge is -2.22. The second-order valence-electron chi connectivity index (χ2n) is 5.62. The van der Waals surface area contributed by atoms with Gasteiger partial charge in [0.05, 0.1) is 0 Å². The van der Waals surface area contributed by atoms with E-state index in [4.69, 9.17) is 0 Å². The van der Waals surface area contributed by atoms with Crippen molar-refractivity contribution in [3.8, 4) is 0 Å². The van der Waals surface area contributed by atoms with Crippen LogP contribution in [0.1, 0.15) is 52.4 Å². The molecule has 18 heavy (non-hydrogen) atoms. The van der Waals surface area contributed by atoms with Crippen molar-refractivity contribution >= 4 is 18.3 Å². The van der Waals surface area contributed by atoms with Crippen LogP contribution in [0.5, 0.6) is 0 Å². The molecule has 0 atom stereocenters. The van der Waals surface area contributed by atoms with Gasteiger partial charge in [0.15, 0.2) is 0 Å². The Morgan fingerprint density at radius 1 is 1.33 bits per heavy atom. The normalized spacial score (nSPS) is 16.4. The number of hydrogen-bond donors (Lipinski definition) is 2. The third kappa shape index (κ3) is 8.76. The highest BCUT2D eigenvalue weighted by molar-refractivity contribution is 5.85. The topological polar surface area (TPSA) is 41.1 Å². The third-order valence-electron chi connectivity index (χ3n) is 3.52. The van der Waals surface area contributed by atoms with Gasteiger partial charge in [0.1, 0.15) is 0 Å². The Morgan fingerprint density at radius 3 is 2.61 bits per heavy atom. The average molecular weight is 277 g/mol. The van der Waals surface area contributed by atoms with Crippen molar-refractivity contribution in [2.45, 2.75) is 52.4 Å². The summed E-state index contributed by atoms with van der Waals surface area (Å²) in [4.78, 5) is 11.6. The van der Waals surface area contributed by atoms with E-state index in [0.29, 0.717) is 6.42 Å². The zero-order chi connectivity index (χ0) is 12.5. The fourth-order valence-corrected chi connectivity index (χ4v) is 2.33. The monoisotopic (exact) mass is 276 g/mol. The van der Waals surface area contributed by atoms with Gasteiger partial charge in [0.2, 0.25) is 5.91 Å². The van der Waals surface area contributed by atoms with Gasteiger partial charge in [0, 0.05) is 13.0 Å². The Morgan fingerprint density at radius 2 is 2.00 bits per heavy atom. The quantitative estimate of drug-likeness (QED) is 0.702. The SMILES string of the molecule is CC(C)CCCNC(=O)CCC1CCNCC1.Cl. The first-order valence-electron chi connectivity index (χ1n) is 7.16. The largest absolute Gasteiger partial charge is 0.356 e. The van der Waals surface area contributed by atoms with Crippen LogP contribution < -0.4 is 10.6 Å². The van der Waals surface area contributed by atoms with E-state index in [1.54, 1.807) is 0 Å². The van der Waals surface area contributed by atoms with E-state index >= 15 is 0 Å². The minimum absolute atomic E-state index is 0. The van der Waals surface area contributed by atoms with E-state index in [-0.39, 0.29) is 18.3 Å². The lowest BCUT2D eigenvalue weighted by Crippen LogP contribution is -2.29. The standard InChI is InChI=1S/C14H28N2O.ClH/c1-12(2)4-3-9-16-14(17)6-5-13-7-10-15-11-8-13;/h12-13,15H,3-11H2,1-2H3,(H,16,17);1H. The number of nitrogens with one attached hydrogen (secondary N) is 2. The molecule has 2 N–H and O–H groups in total. The third-order valence-corrected chi connectivity index (χ3v) is 3.52. The van der Waals surface area contributed by atoms with Gasteiger partial charge < -0.3 is 10.6 Å². The van der Waals surface area contributed by atoms with Crippen LogP contribution in [0.25, 0.3) is 0 Å². The van der Waals surface area contributed by atoms with E-state index < -0.39 is 0 Å². The van der Waals surface area contributed by atoms with Crippen LogP contribution in [-0.2, 0) is 4.79 Å². The summed E-state index contributed by atoms with van der Waals surface area (Å²) in [5.41, 5.74) is 0. The van der Waals surface area contributed by atoms with Gasteiger partial charge in [-0.05, 0) is 57.0 Å². The molecule has 0 bridgehead atoms. The van der Waals surface area contributed by atoms with Crippen molar-refractivity contribution in [1.82, 2.24) is 10.6 Å². The maximum Gasteiger partial charge on any atom is 0.220 e. The highest BCUT2D eigenvalue weighted by Crippen LogP contribution is 2.17. The van der Waals surface area contributed by atoms with Crippen LogP contribution in [0.3, 0.4) is 0 Å². The van der Waals surface area contributed by atoms with Crippen LogP contribution in [-0.4, -0.2) is 25.5 Å². The Bertz CT molecular complexity index is 216. The molecule has 1 aliphatic rings. The van der Waals surface area contributed by atoms with Crippen LogP contribution >= 0.6 is 12.4 Å². The molecule has 1 rings (SSSR count). The second kappa shape index (κ2) is 10.6. The van der Waals surface area contributed by atoms with Crippen molar-refractivity contribution in [2.75, 3.05) is 19.6 Å². The molecule has 0 unspecified atom stereocenters. The summed E-state index contributed by atoms with van der Waals surface area (Å²) in [6, 6.07) is 0. The van der Waals surface area contributed by atoms with Crippen molar-refractivity contribution in [2.24, 2.45) is 11.8 Å². The number of carbonyl (C=O) groups is 1. The highest BCUT2D eigenvalue weighted by atomic mass is 35.5. The summed E-state index contributed by atoms with van der Waals surface area (Å²) < 4.78 is 0. The number of hydrogen-bond acceptors (Lipinski definition) is 2. The lowest BCUT2D eigenvalue weighted by atomic mass is 9.93. The number of halogens is 1. The average Bonchev–Trinajstić information content (AvgIpc) is 2.33. The van der Waals surface area contributed by atoms with Crippen molar-refractivity contribution in [3.63, 3.8) is 0 Å². The molecule has 0 spiro atoms. The van der Waals surface area contributed by atoms with Crippen LogP contribution in [0.4, 0.5) is 0 Å². The fourth-order valence-electron chi connectivity index (χ4n) is 2.33. The van der Waals surface area contributed by atoms with Crippen LogP contribution in [0.2, 0.25) is 0 Å². The van der Waals surface area contributed by atoms with Gasteiger partial charge in [-0.25, -0.2) is 0 Å². The molecule has 1 amide bonds. The number of carbonyl (C=O) groups excluding carboxylic acids is 1. The van der Waals surface area contributed by atoms with Gasteiger partial charge in [-0.3, -0.25) is 4.79 Å². The molecule has 1 heterocycles. The van der Waals surface area contributed by atoms with E-state index in [1.807, 2.05) is 0 Å². The zero-order valence-corrected chi connectivity index (χ0v) is 12.7. The first-order chi connectivity index (χ1) is 8.18. The summed E-state index contributed by atoms with van der Waals surface area (Å²) in [7, 11) is 0. The van der Waals surface area contributed by atoms with E-state index in [1.165, 1.54) is 19.3 Å². The molecule has 1 aliphatic heterocycles. The van der Waals surface area contributed by atoms with Gasteiger partial charge in [-0.1, -0.05) is 13.8 Å². The molecular formula is C14H29ClN2O. The van der Waals surface area contributed by atoms with Crippen LogP contribution in [0, 0.1) is 11.8 Å². The van der Waals surface area contributed by atoms with E-state index in [2.05, 4.69) is 24.5 Å². The maximum absolute atomic E-state index is 11.6. The minimum Gasteiger partial charge on any atom is -0.356 e. The molecule has 4 heteroatoms. The number of rotatable bonds is 7. The van der Waals surface area contributed by atoms with E-state index in [0.717, 1.165) is 44.3 Å². The summed E-state index contributed by atoms with van der Waals surface area (Å²) in [6.07, 6.45) is 6.57. The maximum atomic E-state index is 11.6. The van der Waals surface area contributed by atoms with Gasteiger partial charge >= 0.3 is 0 Å². The molecule has 0 saturated carbocycles. The van der Waals surface area contributed by atoms with Crippen molar-refractivity contribution < 1.29 is 4.79 Å². The molecule has 0 radical (unpaired) electrons. The predicted octanol–water partition coefficient (Wildman–Crippen LogP) is 2.74. The Kier molecular flexibility index (Phi) is 10.5. The Balaban J connectivity index is 0.00000289. The molecule has 0 aromatic carbocycles. The minimum atomic E-state index is 0. The summed E-state index contributed by atoms with van der Waals surface area (Å²) in [5.74, 6) is 1.74. The van der Waals surface area contributed by atoms with Crippen LogP contribution in [0.15, 0.2) is 0 Å². The van der Waals surface area contributed by atoms with Crippen molar-refractivity contribution in [3.05, 3.63) is 0 Å². The molecule has 0 aromatic rings. The summed E-state index contributed by atoms with van der Waals surface area (Å²) in [5, 5.41) is 6.38. The highest BCUT2D eigenvalue weighted by Gasteiger charge is 2.14. The van der Waals surface area contributed by atoms with Gasteiger partial charge in [-0.2, -0.15) is 0 Å². The molecule has 108 valence electrons. The Labute approximate surface area is 118 Å². The molecule has 0 aromatic heterocycles. The number of amides is 1. The fraction of sp³-hybridized carbons (Fsp3) is 0.929. The molecule has 3 nitrogen and oxygen atoms in total. The Hall–Kier alpha value is -0.280. The summed E-state index contributed by atoms with van der Waals surface area (Å²) in [6.45, 7) is 7.54. The molecule has 1 saturated heterocycles. The molecule has 1 fully saturated rings. The van der Waals surface area contributed by atoms with Crippen molar-refractivity contribution in [1.29, 1.82) is 0 Å². The predicted molar refractivity (Wildman–Crippen MR) is 79.2 cm³/mol. The second-order valence-corrected chi connectivity index (χ2v) is 5.62. The van der Waals surface area contributed by atoms with Gasteiger partial charge in [0.25, 0.3) is 0 Å². The molecular weight excluding hydrogens is 248 g/mol. The zero-order valence-electron chi connectivity index (χ0n) is 11.8. The lowest BCUT2D eigenvalue weighted by molar-refractivity contribution is -0.121. The first kappa shape index (κ1) is 17.7. The number of piperidine rings is 1. The first-order valence-corrected chi connectivity index (χ1v) is 7.16. The smallest absolute Gasteiger partial charge is 0.220 e. The summed E-state index contributed by atoms with van der Waals surface area (Å²) >= 11 is 0. The van der Waals surface area contributed by atoms with E-state index in [9.17, 15) is 4.79 Å².